The number of ether oxygens (including phenoxy) is 2. The third-order valence-corrected chi connectivity index (χ3v) is 6.90. The molecule has 2 aliphatic heterocycles. The highest BCUT2D eigenvalue weighted by molar-refractivity contribution is 6.00. The summed E-state index contributed by atoms with van der Waals surface area (Å²) >= 11 is 0. The number of benzene rings is 2. The number of methoxy groups -OCH3 is 1. The van der Waals surface area contributed by atoms with Crippen LogP contribution < -0.4 is 5.32 Å². The lowest BCUT2D eigenvalue weighted by atomic mass is 9.80. The molecule has 0 bridgehead atoms. The number of non-ortho nitro benzene ring substituents is 1. The predicted molar refractivity (Wildman–Crippen MR) is 137 cm³/mol. The zero-order chi connectivity index (χ0) is 26.7. The molecule has 9 heteroatoms. The molecule has 2 atom stereocenters. The molecule has 1 saturated heterocycles. The zero-order valence-electron chi connectivity index (χ0n) is 21.4. The molecule has 0 saturated carbocycles. The van der Waals surface area contributed by atoms with E-state index in [1.165, 1.54) is 30.9 Å². The number of nitrogens with one attached hydrogen (secondary N) is 1. The summed E-state index contributed by atoms with van der Waals surface area (Å²) in [5.74, 6) is -2.08. The van der Waals surface area contributed by atoms with Crippen molar-refractivity contribution in [3.63, 3.8) is 0 Å². The first kappa shape index (κ1) is 26.1. The van der Waals surface area contributed by atoms with Gasteiger partial charge in [-0.05, 0) is 31.9 Å². The smallest absolute Gasteiger partial charge is 0.337 e. The number of nitrogens with zero attached hydrogens (tertiary/aromatic N) is 2. The van der Waals surface area contributed by atoms with Gasteiger partial charge in [0.1, 0.15) is 5.60 Å². The second-order valence-corrected chi connectivity index (χ2v) is 9.76. The molecule has 2 aliphatic rings. The predicted octanol–water partition coefficient (Wildman–Crippen LogP) is 4.21. The summed E-state index contributed by atoms with van der Waals surface area (Å²) in [6, 6.07) is 16.1. The van der Waals surface area contributed by atoms with Crippen LogP contribution in [0.1, 0.15) is 44.2 Å². The van der Waals surface area contributed by atoms with Gasteiger partial charge in [-0.25, -0.2) is 9.59 Å². The highest BCUT2D eigenvalue weighted by Crippen LogP contribution is 2.41. The Morgan fingerprint density at radius 3 is 2.41 bits per heavy atom. The van der Waals surface area contributed by atoms with E-state index in [0.29, 0.717) is 29.9 Å². The zero-order valence-corrected chi connectivity index (χ0v) is 21.4. The number of dihydropyridines is 1. The number of nitro groups is 1. The SMILES string of the molecule is COC(=O)C1=C(C)NC(C)=C(C(=O)OC2(C)CCN(Cc3ccccc3)C2)C1c1cccc([N+](=O)[O-])c1. The quantitative estimate of drug-likeness (QED) is 0.338. The summed E-state index contributed by atoms with van der Waals surface area (Å²) in [7, 11) is 1.26. The van der Waals surface area contributed by atoms with E-state index in [-0.39, 0.29) is 16.8 Å². The van der Waals surface area contributed by atoms with Crippen LogP contribution in [-0.4, -0.2) is 47.6 Å². The van der Waals surface area contributed by atoms with Gasteiger partial charge in [0, 0.05) is 49.6 Å². The van der Waals surface area contributed by atoms with Gasteiger partial charge in [0.15, 0.2) is 0 Å². The molecule has 194 valence electrons. The summed E-state index contributed by atoms with van der Waals surface area (Å²) in [5, 5.41) is 14.6. The molecule has 2 aromatic rings. The summed E-state index contributed by atoms with van der Waals surface area (Å²) < 4.78 is 11.1. The molecule has 4 rings (SSSR count). The third-order valence-electron chi connectivity index (χ3n) is 6.90. The van der Waals surface area contributed by atoms with Gasteiger partial charge < -0.3 is 14.8 Å². The summed E-state index contributed by atoms with van der Waals surface area (Å²) in [5.41, 5.74) is 2.23. The molecule has 1 fully saturated rings. The number of likely N-dealkylation sites (tertiary alicyclic amines) is 1. The van der Waals surface area contributed by atoms with E-state index in [1.54, 1.807) is 19.9 Å². The van der Waals surface area contributed by atoms with E-state index in [0.717, 1.165) is 13.1 Å². The molecule has 0 aliphatic carbocycles. The van der Waals surface area contributed by atoms with Crippen LogP contribution in [0, 0.1) is 10.1 Å². The molecule has 0 amide bonds. The van der Waals surface area contributed by atoms with Gasteiger partial charge in [0.05, 0.1) is 29.1 Å². The fourth-order valence-electron chi connectivity index (χ4n) is 5.16. The number of nitro benzene ring substituents is 1. The molecular weight excluding hydrogens is 474 g/mol. The molecule has 0 radical (unpaired) electrons. The highest BCUT2D eigenvalue weighted by atomic mass is 16.6. The molecule has 2 aromatic carbocycles. The minimum absolute atomic E-state index is 0.136. The van der Waals surface area contributed by atoms with Crippen molar-refractivity contribution in [1.29, 1.82) is 0 Å². The maximum absolute atomic E-state index is 13.8. The van der Waals surface area contributed by atoms with Crippen molar-refractivity contribution < 1.29 is 24.0 Å². The topological polar surface area (TPSA) is 111 Å². The number of carbonyl (C=O) groups is 2. The fourth-order valence-corrected chi connectivity index (χ4v) is 5.16. The van der Waals surface area contributed by atoms with E-state index in [4.69, 9.17) is 9.47 Å². The van der Waals surface area contributed by atoms with Gasteiger partial charge in [-0.15, -0.1) is 0 Å². The lowest BCUT2D eigenvalue weighted by molar-refractivity contribution is -0.384. The molecular formula is C28H31N3O6. The number of carbonyl (C=O) groups excluding carboxylic acids is 2. The second kappa shape index (κ2) is 10.6. The lowest BCUT2D eigenvalue weighted by Gasteiger charge is -2.32. The van der Waals surface area contributed by atoms with Crippen LogP contribution in [0.15, 0.2) is 77.1 Å². The first-order valence-corrected chi connectivity index (χ1v) is 12.1. The van der Waals surface area contributed by atoms with Gasteiger partial charge in [-0.1, -0.05) is 42.5 Å². The van der Waals surface area contributed by atoms with E-state index in [9.17, 15) is 19.7 Å². The van der Waals surface area contributed by atoms with E-state index < -0.39 is 28.4 Å². The number of allylic oxidation sites excluding steroid dienone is 2. The molecule has 0 aromatic heterocycles. The average Bonchev–Trinajstić information content (AvgIpc) is 3.23. The van der Waals surface area contributed by atoms with Crippen LogP contribution in [0.3, 0.4) is 0 Å². The van der Waals surface area contributed by atoms with Gasteiger partial charge in [-0.2, -0.15) is 0 Å². The number of hydrogen-bond donors (Lipinski definition) is 1. The van der Waals surface area contributed by atoms with E-state index in [2.05, 4.69) is 22.3 Å². The minimum Gasteiger partial charge on any atom is -0.466 e. The van der Waals surface area contributed by atoms with E-state index >= 15 is 0 Å². The summed E-state index contributed by atoms with van der Waals surface area (Å²) in [6.07, 6.45) is 0.658. The van der Waals surface area contributed by atoms with Gasteiger partial charge in [0.25, 0.3) is 5.69 Å². The Bertz CT molecular complexity index is 1290. The molecule has 0 spiro atoms. The Labute approximate surface area is 215 Å². The molecule has 37 heavy (non-hydrogen) atoms. The van der Waals surface area contributed by atoms with Crippen molar-refractivity contribution in [1.82, 2.24) is 10.2 Å². The fraction of sp³-hybridized carbons (Fsp3) is 0.357. The van der Waals surface area contributed by atoms with Gasteiger partial charge in [-0.3, -0.25) is 15.0 Å². The normalized spacial score (nSPS) is 22.0. The lowest BCUT2D eigenvalue weighted by Crippen LogP contribution is -2.38. The average molecular weight is 506 g/mol. The maximum Gasteiger partial charge on any atom is 0.337 e. The van der Waals surface area contributed by atoms with Crippen LogP contribution in [0.2, 0.25) is 0 Å². The van der Waals surface area contributed by atoms with Crippen molar-refractivity contribution in [2.45, 2.75) is 45.3 Å². The molecule has 9 nitrogen and oxygen atoms in total. The Hall–Kier alpha value is -3.98. The standard InChI is InChI=1S/C28H31N3O6/c1-18-23(26(32)36-4)25(21-11-8-12-22(15-21)31(34)35)24(19(2)29-18)27(33)37-28(3)13-14-30(17-28)16-20-9-6-5-7-10-20/h5-12,15,25,29H,13-14,16-17H2,1-4H3. The molecule has 1 N–H and O–H groups in total. The van der Waals surface area contributed by atoms with Crippen LogP contribution in [0.25, 0.3) is 0 Å². The van der Waals surface area contributed by atoms with Crippen molar-refractivity contribution in [3.05, 3.63) is 98.4 Å². The Balaban J connectivity index is 1.64. The maximum atomic E-state index is 13.8. The molecule has 2 heterocycles. The summed E-state index contributed by atoms with van der Waals surface area (Å²) in [6.45, 7) is 7.44. The van der Waals surface area contributed by atoms with Gasteiger partial charge in [0.2, 0.25) is 0 Å². The summed E-state index contributed by atoms with van der Waals surface area (Å²) in [4.78, 5) is 39.8. The monoisotopic (exact) mass is 505 g/mol. The van der Waals surface area contributed by atoms with Crippen LogP contribution >= 0.6 is 0 Å². The Kier molecular flexibility index (Phi) is 7.45. The highest BCUT2D eigenvalue weighted by Gasteiger charge is 2.42. The Morgan fingerprint density at radius 2 is 1.76 bits per heavy atom. The van der Waals surface area contributed by atoms with Crippen molar-refractivity contribution in [3.8, 4) is 0 Å². The second-order valence-electron chi connectivity index (χ2n) is 9.76. The first-order chi connectivity index (χ1) is 17.6. The third kappa shape index (κ3) is 5.56. The van der Waals surface area contributed by atoms with Gasteiger partial charge >= 0.3 is 11.9 Å². The van der Waals surface area contributed by atoms with Crippen molar-refractivity contribution in [2.24, 2.45) is 0 Å². The number of hydrogen-bond acceptors (Lipinski definition) is 8. The minimum atomic E-state index is -0.883. The molecule has 2 unspecified atom stereocenters. The van der Waals surface area contributed by atoms with Crippen LogP contribution in [-0.2, 0) is 25.6 Å². The first-order valence-electron chi connectivity index (χ1n) is 12.1. The van der Waals surface area contributed by atoms with E-state index in [1.807, 2.05) is 25.1 Å². The number of esters is 2. The van der Waals surface area contributed by atoms with Crippen molar-refractivity contribution in [2.75, 3.05) is 20.2 Å². The number of rotatable bonds is 7. The van der Waals surface area contributed by atoms with Crippen LogP contribution in [0.4, 0.5) is 5.69 Å². The Morgan fingerprint density at radius 1 is 1.08 bits per heavy atom. The largest absolute Gasteiger partial charge is 0.466 e. The van der Waals surface area contributed by atoms with Crippen molar-refractivity contribution >= 4 is 17.6 Å². The van der Waals surface area contributed by atoms with Crippen LogP contribution in [0.5, 0.6) is 0 Å².